The summed E-state index contributed by atoms with van der Waals surface area (Å²) in [5.74, 6) is 1.88. The number of likely N-dealkylation sites (N-methyl/N-ethyl adjacent to an activating group) is 1. The summed E-state index contributed by atoms with van der Waals surface area (Å²) < 4.78 is 16.2. The Morgan fingerprint density at radius 2 is 1.89 bits per heavy atom. The van der Waals surface area contributed by atoms with Crippen LogP contribution in [0.5, 0.6) is 17.2 Å². The first-order valence-corrected chi connectivity index (χ1v) is 8.62. The molecule has 1 atom stereocenters. The van der Waals surface area contributed by atoms with Gasteiger partial charge in [-0.05, 0) is 56.1 Å². The SMILES string of the molecule is CN(C)C(CNC(=O)COc1ccc(Cl)cc1)c1ccc2c(c1)OCO2.Cl. The molecule has 3 rings (SSSR count). The summed E-state index contributed by atoms with van der Waals surface area (Å²) in [5.41, 5.74) is 1.04. The fraction of sp³-hybridized carbons (Fsp3) is 0.316. The summed E-state index contributed by atoms with van der Waals surface area (Å²) in [6.45, 7) is 0.641. The summed E-state index contributed by atoms with van der Waals surface area (Å²) in [7, 11) is 3.93. The van der Waals surface area contributed by atoms with Crippen molar-refractivity contribution in [3.05, 3.63) is 53.1 Å². The second-order valence-electron chi connectivity index (χ2n) is 6.14. The molecule has 1 N–H and O–H groups in total. The standard InChI is InChI=1S/C19H21ClN2O4.ClH/c1-22(2)16(13-3-8-17-18(9-13)26-12-25-17)10-21-19(23)11-24-15-6-4-14(20)5-7-15;/h3-9,16H,10-12H2,1-2H3,(H,21,23);1H. The number of nitrogens with one attached hydrogen (secondary N) is 1. The molecule has 146 valence electrons. The molecule has 0 radical (unpaired) electrons. The highest BCUT2D eigenvalue weighted by molar-refractivity contribution is 6.30. The minimum absolute atomic E-state index is 0. The van der Waals surface area contributed by atoms with Gasteiger partial charge in [0.1, 0.15) is 5.75 Å². The quantitative estimate of drug-likeness (QED) is 0.755. The number of carbonyl (C=O) groups is 1. The number of rotatable bonds is 7. The molecule has 0 aliphatic carbocycles. The fourth-order valence-corrected chi connectivity index (χ4v) is 2.79. The van der Waals surface area contributed by atoms with Gasteiger partial charge in [0.25, 0.3) is 5.91 Å². The lowest BCUT2D eigenvalue weighted by atomic mass is 10.1. The van der Waals surface area contributed by atoms with E-state index in [9.17, 15) is 4.79 Å². The molecule has 27 heavy (non-hydrogen) atoms. The number of hydrogen-bond donors (Lipinski definition) is 1. The number of benzene rings is 2. The van der Waals surface area contributed by atoms with Crippen molar-refractivity contribution >= 4 is 29.9 Å². The van der Waals surface area contributed by atoms with Crippen LogP contribution in [0.15, 0.2) is 42.5 Å². The lowest BCUT2D eigenvalue weighted by Gasteiger charge is -2.25. The van der Waals surface area contributed by atoms with Crippen LogP contribution in [-0.2, 0) is 4.79 Å². The van der Waals surface area contributed by atoms with E-state index in [-0.39, 0.29) is 37.8 Å². The highest BCUT2D eigenvalue weighted by Gasteiger charge is 2.20. The molecular weight excluding hydrogens is 391 g/mol. The lowest BCUT2D eigenvalue weighted by Crippen LogP contribution is -2.36. The predicted molar refractivity (Wildman–Crippen MR) is 106 cm³/mol. The molecular formula is C19H22Cl2N2O4. The number of hydrogen-bond acceptors (Lipinski definition) is 5. The van der Waals surface area contributed by atoms with Crippen molar-refractivity contribution < 1.29 is 19.0 Å². The first kappa shape index (κ1) is 21.2. The molecule has 0 aromatic heterocycles. The fourth-order valence-electron chi connectivity index (χ4n) is 2.66. The topological polar surface area (TPSA) is 60.0 Å². The maximum Gasteiger partial charge on any atom is 0.258 e. The minimum atomic E-state index is -0.187. The summed E-state index contributed by atoms with van der Waals surface area (Å²) in [6, 6.07) is 12.7. The first-order chi connectivity index (χ1) is 12.5. The maximum atomic E-state index is 12.1. The molecule has 1 aliphatic heterocycles. The van der Waals surface area contributed by atoms with Crippen molar-refractivity contribution in [1.29, 1.82) is 0 Å². The van der Waals surface area contributed by atoms with Crippen LogP contribution in [0.4, 0.5) is 0 Å². The molecule has 2 aromatic rings. The number of fused-ring (bicyclic) bond motifs is 1. The number of nitrogens with zero attached hydrogens (tertiary/aromatic N) is 1. The third-order valence-electron chi connectivity index (χ3n) is 4.08. The smallest absolute Gasteiger partial charge is 0.258 e. The van der Waals surface area contributed by atoms with Gasteiger partial charge in [0.05, 0.1) is 6.04 Å². The second-order valence-corrected chi connectivity index (χ2v) is 6.58. The molecule has 1 amide bonds. The Balaban J connectivity index is 0.00000261. The van der Waals surface area contributed by atoms with Crippen LogP contribution in [0, 0.1) is 0 Å². The van der Waals surface area contributed by atoms with Crippen molar-refractivity contribution in [3.8, 4) is 17.2 Å². The van der Waals surface area contributed by atoms with Gasteiger partial charge in [0.2, 0.25) is 6.79 Å². The van der Waals surface area contributed by atoms with E-state index in [4.69, 9.17) is 25.8 Å². The number of carbonyl (C=O) groups excluding carboxylic acids is 1. The minimum Gasteiger partial charge on any atom is -0.484 e. The van der Waals surface area contributed by atoms with Gasteiger partial charge in [-0.1, -0.05) is 17.7 Å². The van der Waals surface area contributed by atoms with E-state index >= 15 is 0 Å². The zero-order valence-electron chi connectivity index (χ0n) is 15.1. The predicted octanol–water partition coefficient (Wildman–Crippen LogP) is 3.29. The van der Waals surface area contributed by atoms with Gasteiger partial charge >= 0.3 is 0 Å². The van der Waals surface area contributed by atoms with Crippen LogP contribution in [0.25, 0.3) is 0 Å². The zero-order chi connectivity index (χ0) is 18.5. The van der Waals surface area contributed by atoms with Crippen LogP contribution in [-0.4, -0.2) is 44.8 Å². The Bertz CT molecular complexity index is 769. The summed E-state index contributed by atoms with van der Waals surface area (Å²) in [5, 5.41) is 3.53. The van der Waals surface area contributed by atoms with Crippen LogP contribution >= 0.6 is 24.0 Å². The molecule has 6 nitrogen and oxygen atoms in total. The molecule has 8 heteroatoms. The first-order valence-electron chi connectivity index (χ1n) is 8.24. The monoisotopic (exact) mass is 412 g/mol. The molecule has 0 saturated carbocycles. The highest BCUT2D eigenvalue weighted by atomic mass is 35.5. The maximum absolute atomic E-state index is 12.1. The third-order valence-corrected chi connectivity index (χ3v) is 4.33. The van der Waals surface area contributed by atoms with E-state index in [0.29, 0.717) is 17.3 Å². The van der Waals surface area contributed by atoms with Gasteiger partial charge in [-0.3, -0.25) is 4.79 Å². The van der Waals surface area contributed by atoms with Crippen molar-refractivity contribution in [1.82, 2.24) is 10.2 Å². The van der Waals surface area contributed by atoms with E-state index < -0.39 is 0 Å². The van der Waals surface area contributed by atoms with Crippen LogP contribution in [0.1, 0.15) is 11.6 Å². The molecule has 0 spiro atoms. The van der Waals surface area contributed by atoms with Crippen LogP contribution in [0.3, 0.4) is 0 Å². The average Bonchev–Trinajstić information content (AvgIpc) is 3.09. The normalized spacial score (nSPS) is 13.0. The summed E-state index contributed by atoms with van der Waals surface area (Å²) in [6.07, 6.45) is 0. The number of amides is 1. The number of ether oxygens (including phenoxy) is 3. The van der Waals surface area contributed by atoms with Crippen molar-refractivity contribution in [3.63, 3.8) is 0 Å². The lowest BCUT2D eigenvalue weighted by molar-refractivity contribution is -0.123. The van der Waals surface area contributed by atoms with Gasteiger partial charge in [-0.15, -0.1) is 12.4 Å². The molecule has 1 unspecified atom stereocenters. The molecule has 1 heterocycles. The average molecular weight is 413 g/mol. The van der Waals surface area contributed by atoms with Gasteiger partial charge in [-0.25, -0.2) is 0 Å². The van der Waals surface area contributed by atoms with E-state index in [2.05, 4.69) is 5.32 Å². The highest BCUT2D eigenvalue weighted by Crippen LogP contribution is 2.34. The van der Waals surface area contributed by atoms with Gasteiger partial charge < -0.3 is 24.4 Å². The summed E-state index contributed by atoms with van der Waals surface area (Å²) in [4.78, 5) is 14.1. The Kier molecular flexibility index (Phi) is 7.59. The van der Waals surface area contributed by atoms with Gasteiger partial charge in [-0.2, -0.15) is 0 Å². The Morgan fingerprint density at radius 1 is 1.19 bits per heavy atom. The number of halogens is 2. The van der Waals surface area contributed by atoms with E-state index in [1.165, 1.54) is 0 Å². The van der Waals surface area contributed by atoms with Crippen molar-refractivity contribution in [2.24, 2.45) is 0 Å². The Hall–Kier alpha value is -2.15. The molecule has 0 bridgehead atoms. The second kappa shape index (κ2) is 9.69. The molecule has 0 saturated heterocycles. The zero-order valence-corrected chi connectivity index (χ0v) is 16.7. The molecule has 2 aromatic carbocycles. The molecule has 0 fully saturated rings. The third kappa shape index (κ3) is 5.66. The Morgan fingerprint density at radius 3 is 2.59 bits per heavy atom. The van der Waals surface area contributed by atoms with E-state index in [0.717, 1.165) is 17.1 Å². The largest absolute Gasteiger partial charge is 0.484 e. The van der Waals surface area contributed by atoms with Crippen LogP contribution < -0.4 is 19.5 Å². The molecule has 1 aliphatic rings. The summed E-state index contributed by atoms with van der Waals surface area (Å²) >= 11 is 5.83. The van der Waals surface area contributed by atoms with E-state index in [1.54, 1.807) is 24.3 Å². The van der Waals surface area contributed by atoms with Gasteiger partial charge in [0.15, 0.2) is 18.1 Å². The van der Waals surface area contributed by atoms with E-state index in [1.807, 2.05) is 37.2 Å². The van der Waals surface area contributed by atoms with Crippen molar-refractivity contribution in [2.45, 2.75) is 6.04 Å². The van der Waals surface area contributed by atoms with Gasteiger partial charge in [0, 0.05) is 11.6 Å². The van der Waals surface area contributed by atoms with Crippen LogP contribution in [0.2, 0.25) is 5.02 Å². The Labute approximate surface area is 169 Å². The van der Waals surface area contributed by atoms with Crippen molar-refractivity contribution in [2.75, 3.05) is 34.0 Å².